The molecule has 2 aliphatic rings. The van der Waals surface area contributed by atoms with E-state index in [9.17, 15) is 4.79 Å². The van der Waals surface area contributed by atoms with Gasteiger partial charge in [-0.25, -0.2) is 9.78 Å². The Morgan fingerprint density at radius 2 is 1.88 bits per heavy atom. The van der Waals surface area contributed by atoms with Crippen LogP contribution in [0.2, 0.25) is 0 Å². The van der Waals surface area contributed by atoms with Crippen LogP contribution in [0.4, 0.5) is 16.3 Å². The van der Waals surface area contributed by atoms with E-state index >= 15 is 0 Å². The molecule has 0 atom stereocenters. The molecule has 124 valence electrons. The summed E-state index contributed by atoms with van der Waals surface area (Å²) in [5.41, 5.74) is 0.705. The second-order valence-corrected chi connectivity index (χ2v) is 5.66. The van der Waals surface area contributed by atoms with Gasteiger partial charge in [0.2, 0.25) is 6.79 Å². The van der Waals surface area contributed by atoms with Gasteiger partial charge >= 0.3 is 6.03 Å². The minimum atomic E-state index is -0.102. The van der Waals surface area contributed by atoms with Gasteiger partial charge in [-0.1, -0.05) is 6.07 Å². The molecule has 0 radical (unpaired) electrons. The number of hydrogen-bond acceptors (Lipinski definition) is 5. The van der Waals surface area contributed by atoms with Gasteiger partial charge in [0.05, 0.1) is 0 Å². The van der Waals surface area contributed by atoms with E-state index in [2.05, 4.69) is 15.2 Å². The van der Waals surface area contributed by atoms with Crippen LogP contribution in [0, 0.1) is 0 Å². The van der Waals surface area contributed by atoms with Crippen LogP contribution in [-0.4, -0.2) is 48.9 Å². The van der Waals surface area contributed by atoms with Crippen LogP contribution in [0.1, 0.15) is 0 Å². The van der Waals surface area contributed by atoms with Gasteiger partial charge in [-0.2, -0.15) is 0 Å². The number of hydrogen-bond donors (Lipinski definition) is 1. The standard InChI is InChI=1S/C17H18N4O3/c22-17(19-13-4-5-14-15(11-13)24-12-23-14)21-9-7-20(8-10-21)16-3-1-2-6-18-16/h1-6,11H,7-10,12H2,(H,19,22). The molecule has 2 aliphatic heterocycles. The summed E-state index contributed by atoms with van der Waals surface area (Å²) >= 11 is 0. The number of benzene rings is 1. The number of nitrogens with zero attached hydrogens (tertiary/aromatic N) is 3. The van der Waals surface area contributed by atoms with Gasteiger partial charge < -0.3 is 24.6 Å². The van der Waals surface area contributed by atoms with E-state index in [4.69, 9.17) is 9.47 Å². The van der Waals surface area contributed by atoms with Gasteiger partial charge in [0.25, 0.3) is 0 Å². The number of urea groups is 1. The van der Waals surface area contributed by atoms with E-state index in [-0.39, 0.29) is 12.8 Å². The van der Waals surface area contributed by atoms with Crippen molar-refractivity contribution in [1.82, 2.24) is 9.88 Å². The zero-order valence-corrected chi connectivity index (χ0v) is 13.1. The fraction of sp³-hybridized carbons (Fsp3) is 0.294. The number of fused-ring (bicyclic) bond motifs is 1. The number of amides is 2. The molecule has 1 aromatic carbocycles. The number of rotatable bonds is 2. The quantitative estimate of drug-likeness (QED) is 0.916. The van der Waals surface area contributed by atoms with Crippen molar-refractivity contribution in [3.63, 3.8) is 0 Å². The van der Waals surface area contributed by atoms with E-state index in [1.54, 1.807) is 18.3 Å². The molecule has 0 bridgehead atoms. The Kier molecular flexibility index (Phi) is 3.82. The van der Waals surface area contributed by atoms with Gasteiger partial charge in [-0.15, -0.1) is 0 Å². The summed E-state index contributed by atoms with van der Waals surface area (Å²) in [4.78, 5) is 20.8. The maximum Gasteiger partial charge on any atom is 0.321 e. The Labute approximate surface area is 139 Å². The highest BCUT2D eigenvalue weighted by molar-refractivity contribution is 5.90. The highest BCUT2D eigenvalue weighted by atomic mass is 16.7. The smallest absolute Gasteiger partial charge is 0.321 e. The van der Waals surface area contributed by atoms with Crippen LogP contribution >= 0.6 is 0 Å². The maximum atomic E-state index is 12.4. The monoisotopic (exact) mass is 326 g/mol. The minimum absolute atomic E-state index is 0.102. The molecule has 0 spiro atoms. The molecule has 7 nitrogen and oxygen atoms in total. The van der Waals surface area contributed by atoms with Crippen LogP contribution in [0.25, 0.3) is 0 Å². The highest BCUT2D eigenvalue weighted by Crippen LogP contribution is 2.34. The Morgan fingerprint density at radius 3 is 2.67 bits per heavy atom. The van der Waals surface area contributed by atoms with Crippen LogP contribution in [0.5, 0.6) is 11.5 Å². The number of piperazine rings is 1. The highest BCUT2D eigenvalue weighted by Gasteiger charge is 2.22. The molecule has 3 heterocycles. The van der Waals surface area contributed by atoms with Gasteiger partial charge in [0.1, 0.15) is 5.82 Å². The molecular formula is C17H18N4O3. The fourth-order valence-electron chi connectivity index (χ4n) is 2.86. The minimum Gasteiger partial charge on any atom is -0.454 e. The largest absolute Gasteiger partial charge is 0.454 e. The summed E-state index contributed by atoms with van der Waals surface area (Å²) in [5, 5.41) is 2.91. The molecule has 0 aliphatic carbocycles. The van der Waals surface area contributed by atoms with Gasteiger partial charge in [-0.05, 0) is 24.3 Å². The normalized spacial score (nSPS) is 16.2. The van der Waals surface area contributed by atoms with Crippen LogP contribution in [-0.2, 0) is 0 Å². The topological polar surface area (TPSA) is 66.9 Å². The second kappa shape index (κ2) is 6.27. The molecule has 1 fully saturated rings. The average Bonchev–Trinajstić information content (AvgIpc) is 3.10. The molecular weight excluding hydrogens is 308 g/mol. The third kappa shape index (κ3) is 2.92. The first-order valence-electron chi connectivity index (χ1n) is 7.91. The third-order valence-electron chi connectivity index (χ3n) is 4.16. The average molecular weight is 326 g/mol. The predicted octanol–water partition coefficient (Wildman–Crippen LogP) is 2.16. The van der Waals surface area contributed by atoms with Crippen molar-refractivity contribution in [3.8, 4) is 11.5 Å². The number of carbonyl (C=O) groups is 1. The van der Waals surface area contributed by atoms with Crippen molar-refractivity contribution in [3.05, 3.63) is 42.6 Å². The predicted molar refractivity (Wildman–Crippen MR) is 89.6 cm³/mol. The van der Waals surface area contributed by atoms with Crippen molar-refractivity contribution < 1.29 is 14.3 Å². The van der Waals surface area contributed by atoms with Gasteiger partial charge in [0.15, 0.2) is 11.5 Å². The molecule has 24 heavy (non-hydrogen) atoms. The molecule has 1 aromatic heterocycles. The molecule has 4 rings (SSSR count). The molecule has 0 saturated carbocycles. The SMILES string of the molecule is O=C(Nc1ccc2c(c1)OCO2)N1CCN(c2ccccn2)CC1. The maximum absolute atomic E-state index is 12.4. The summed E-state index contributed by atoms with van der Waals surface area (Å²) < 4.78 is 10.6. The lowest BCUT2D eigenvalue weighted by Gasteiger charge is -2.35. The van der Waals surface area contributed by atoms with E-state index in [1.165, 1.54) is 0 Å². The number of pyridine rings is 1. The van der Waals surface area contributed by atoms with E-state index < -0.39 is 0 Å². The third-order valence-corrected chi connectivity index (χ3v) is 4.16. The first-order chi connectivity index (χ1) is 11.8. The van der Waals surface area contributed by atoms with Gasteiger partial charge in [-0.3, -0.25) is 0 Å². The lowest BCUT2D eigenvalue weighted by molar-refractivity contribution is 0.174. The second-order valence-electron chi connectivity index (χ2n) is 5.66. The van der Waals surface area contributed by atoms with E-state index in [0.717, 1.165) is 18.9 Å². The lowest BCUT2D eigenvalue weighted by Crippen LogP contribution is -2.50. The number of aromatic nitrogens is 1. The zero-order chi connectivity index (χ0) is 16.4. The van der Waals surface area contributed by atoms with Gasteiger partial charge in [0, 0.05) is 44.1 Å². The van der Waals surface area contributed by atoms with Crippen LogP contribution in [0.15, 0.2) is 42.6 Å². The molecule has 7 heteroatoms. The Bertz CT molecular complexity index is 730. The summed E-state index contributed by atoms with van der Waals surface area (Å²) in [6.07, 6.45) is 1.79. The Balaban J connectivity index is 1.35. The van der Waals surface area contributed by atoms with Crippen molar-refractivity contribution in [2.75, 3.05) is 43.2 Å². The van der Waals surface area contributed by atoms with Crippen LogP contribution in [0.3, 0.4) is 0 Å². The molecule has 1 saturated heterocycles. The summed E-state index contributed by atoms with van der Waals surface area (Å²) in [6.45, 7) is 3.08. The van der Waals surface area contributed by atoms with Crippen LogP contribution < -0.4 is 19.7 Å². The van der Waals surface area contributed by atoms with Crippen molar-refractivity contribution >= 4 is 17.5 Å². The Hall–Kier alpha value is -2.96. The van der Waals surface area contributed by atoms with Crippen molar-refractivity contribution in [1.29, 1.82) is 0 Å². The molecule has 0 unspecified atom stereocenters. The van der Waals surface area contributed by atoms with Crippen molar-refractivity contribution in [2.45, 2.75) is 0 Å². The number of ether oxygens (including phenoxy) is 2. The summed E-state index contributed by atoms with van der Waals surface area (Å²) in [5.74, 6) is 2.32. The van der Waals surface area contributed by atoms with Crippen molar-refractivity contribution in [2.24, 2.45) is 0 Å². The van der Waals surface area contributed by atoms with E-state index in [0.29, 0.717) is 30.3 Å². The molecule has 2 aromatic rings. The molecule has 2 amide bonds. The Morgan fingerprint density at radius 1 is 1.04 bits per heavy atom. The first-order valence-corrected chi connectivity index (χ1v) is 7.91. The first kappa shape index (κ1) is 14.6. The number of anilines is 2. The van der Waals surface area contributed by atoms with E-state index in [1.807, 2.05) is 29.2 Å². The molecule has 1 N–H and O–H groups in total. The lowest BCUT2D eigenvalue weighted by atomic mass is 10.2. The summed E-state index contributed by atoms with van der Waals surface area (Å²) in [6, 6.07) is 11.2. The fourth-order valence-corrected chi connectivity index (χ4v) is 2.86. The zero-order valence-electron chi connectivity index (χ0n) is 13.1. The summed E-state index contributed by atoms with van der Waals surface area (Å²) in [7, 11) is 0. The number of carbonyl (C=O) groups excluding carboxylic acids is 1. The number of nitrogens with one attached hydrogen (secondary N) is 1.